The number of aliphatic imine (C=N–C) groups is 1. The molecule has 0 radical (unpaired) electrons. The molecule has 3 rings (SSSR count). The molecule has 2 N–H and O–H groups in total. The molecule has 1 unspecified atom stereocenters. The molecule has 2 heterocycles. The minimum absolute atomic E-state index is 0.178. The van der Waals surface area contributed by atoms with Crippen LogP contribution in [0.3, 0.4) is 0 Å². The fourth-order valence-corrected chi connectivity index (χ4v) is 3.90. The first-order valence-electron chi connectivity index (χ1n) is 10.4. The third kappa shape index (κ3) is 4.75. The van der Waals surface area contributed by atoms with Gasteiger partial charge in [-0.15, -0.1) is 0 Å². The van der Waals surface area contributed by atoms with Crippen LogP contribution < -0.4 is 10.5 Å². The molecule has 164 valence electrons. The average Bonchev–Trinajstić information content (AvgIpc) is 3.24. The van der Waals surface area contributed by atoms with Gasteiger partial charge in [0.25, 0.3) is 5.91 Å². The number of hydrogen-bond acceptors (Lipinski definition) is 5. The molecule has 0 spiro atoms. The highest BCUT2D eigenvalue weighted by atomic mass is 16.5. The molecule has 2 aliphatic heterocycles. The number of amidine groups is 1. The zero-order valence-corrected chi connectivity index (χ0v) is 18.8. The van der Waals surface area contributed by atoms with Gasteiger partial charge in [0.1, 0.15) is 17.8 Å². The molecule has 1 fully saturated rings. The minimum Gasteiger partial charge on any atom is -0.496 e. The fraction of sp³-hybridized carbons (Fsp3) is 0.417. The number of rotatable bonds is 4. The Morgan fingerprint density at radius 3 is 2.87 bits per heavy atom. The van der Waals surface area contributed by atoms with Gasteiger partial charge in [-0.25, -0.2) is 0 Å². The van der Waals surface area contributed by atoms with Gasteiger partial charge in [0.15, 0.2) is 0 Å². The van der Waals surface area contributed by atoms with E-state index in [2.05, 4.69) is 18.4 Å². The molecule has 2 aliphatic rings. The highest BCUT2D eigenvalue weighted by Crippen LogP contribution is 2.26. The van der Waals surface area contributed by atoms with Gasteiger partial charge in [0.05, 0.1) is 25.4 Å². The quantitative estimate of drug-likeness (QED) is 0.459. The van der Waals surface area contributed by atoms with Crippen LogP contribution in [0.4, 0.5) is 0 Å². The van der Waals surface area contributed by atoms with Crippen LogP contribution in [0.15, 0.2) is 47.9 Å². The Morgan fingerprint density at radius 2 is 2.16 bits per heavy atom. The second kappa shape index (κ2) is 9.71. The Morgan fingerprint density at radius 1 is 1.39 bits per heavy atom. The number of benzene rings is 1. The summed E-state index contributed by atoms with van der Waals surface area (Å²) in [5.74, 6) is 6.79. The number of amides is 1. The Bertz CT molecular complexity index is 972. The number of ether oxygens (including phenoxy) is 1. The molecule has 0 aliphatic carbocycles. The third-order valence-corrected chi connectivity index (χ3v) is 5.73. The molecule has 1 aromatic carbocycles. The van der Waals surface area contributed by atoms with Crippen molar-refractivity contribution in [3.8, 4) is 17.6 Å². The second-order valence-electron chi connectivity index (χ2n) is 7.78. The first kappa shape index (κ1) is 22.4. The van der Waals surface area contributed by atoms with Gasteiger partial charge < -0.3 is 25.2 Å². The molecule has 7 nitrogen and oxygen atoms in total. The maximum Gasteiger partial charge on any atom is 0.299 e. The summed E-state index contributed by atoms with van der Waals surface area (Å²) in [5.41, 5.74) is 9.12. The highest BCUT2D eigenvalue weighted by molar-refractivity contribution is 5.99. The van der Waals surface area contributed by atoms with E-state index in [1.54, 1.807) is 18.9 Å². The monoisotopic (exact) mass is 421 g/mol. The summed E-state index contributed by atoms with van der Waals surface area (Å²) < 4.78 is 5.45. The van der Waals surface area contributed by atoms with Crippen molar-refractivity contribution in [3.05, 3.63) is 54.0 Å². The van der Waals surface area contributed by atoms with Crippen molar-refractivity contribution < 1.29 is 9.53 Å². The van der Waals surface area contributed by atoms with E-state index in [0.717, 1.165) is 35.6 Å². The molecule has 1 amide bonds. The number of nitrogens with two attached hydrogens (primary N) is 1. The highest BCUT2D eigenvalue weighted by Gasteiger charge is 2.36. The van der Waals surface area contributed by atoms with E-state index in [0.29, 0.717) is 18.8 Å². The van der Waals surface area contributed by atoms with E-state index in [-0.39, 0.29) is 18.1 Å². The summed E-state index contributed by atoms with van der Waals surface area (Å²) >= 11 is 0. The normalized spacial score (nSPS) is 21.3. The molecule has 1 aromatic rings. The van der Waals surface area contributed by atoms with Gasteiger partial charge in [0, 0.05) is 26.0 Å². The second-order valence-corrected chi connectivity index (χ2v) is 7.78. The largest absolute Gasteiger partial charge is 0.496 e. The Labute approximate surface area is 184 Å². The molecular formula is C24H31N5O2. The Balaban J connectivity index is 1.99. The molecule has 0 aromatic heterocycles. The van der Waals surface area contributed by atoms with E-state index in [1.807, 2.05) is 54.4 Å². The van der Waals surface area contributed by atoms with Crippen molar-refractivity contribution in [1.29, 1.82) is 0 Å². The van der Waals surface area contributed by atoms with E-state index in [1.165, 1.54) is 0 Å². The molecule has 2 atom stereocenters. The van der Waals surface area contributed by atoms with Gasteiger partial charge in [-0.05, 0) is 49.8 Å². The van der Waals surface area contributed by atoms with E-state index in [9.17, 15) is 4.79 Å². The first-order chi connectivity index (χ1) is 14.9. The van der Waals surface area contributed by atoms with Crippen LogP contribution in [0.1, 0.15) is 30.9 Å². The van der Waals surface area contributed by atoms with Crippen LogP contribution >= 0.6 is 0 Å². The lowest BCUT2D eigenvalue weighted by molar-refractivity contribution is -0.124. The SMILES string of the molecule is C=C1C(N)N(C)C=CN1/C(=N\Cc1ccc(C)c(OC)c1)[C@@H]1CCCN1C(=O)C#CC. The molecule has 7 heteroatoms. The van der Waals surface area contributed by atoms with Gasteiger partial charge in [-0.1, -0.05) is 24.6 Å². The first-order valence-corrected chi connectivity index (χ1v) is 10.4. The predicted octanol–water partition coefficient (Wildman–Crippen LogP) is 2.43. The van der Waals surface area contributed by atoms with Crippen LogP contribution in [0.25, 0.3) is 0 Å². The minimum atomic E-state index is -0.365. The topological polar surface area (TPSA) is 74.4 Å². The van der Waals surface area contributed by atoms with Gasteiger partial charge in [-0.3, -0.25) is 9.79 Å². The number of nitrogens with zero attached hydrogens (tertiary/aromatic N) is 4. The number of methoxy groups -OCH3 is 1. The van der Waals surface area contributed by atoms with Crippen molar-refractivity contribution in [2.45, 2.75) is 45.4 Å². The molecule has 31 heavy (non-hydrogen) atoms. The summed E-state index contributed by atoms with van der Waals surface area (Å²) in [5, 5.41) is 0. The number of hydrogen-bond donors (Lipinski definition) is 1. The van der Waals surface area contributed by atoms with Crippen molar-refractivity contribution in [2.24, 2.45) is 10.7 Å². The fourth-order valence-electron chi connectivity index (χ4n) is 3.90. The lowest BCUT2D eigenvalue weighted by Gasteiger charge is -2.39. The summed E-state index contributed by atoms with van der Waals surface area (Å²) in [6.07, 6.45) is 5.16. The summed E-state index contributed by atoms with van der Waals surface area (Å²) in [6, 6.07) is 5.88. The van der Waals surface area contributed by atoms with E-state index >= 15 is 0 Å². The van der Waals surface area contributed by atoms with E-state index in [4.69, 9.17) is 15.5 Å². The molecular weight excluding hydrogens is 390 g/mol. The number of aryl methyl sites for hydroxylation is 1. The van der Waals surface area contributed by atoms with E-state index < -0.39 is 0 Å². The van der Waals surface area contributed by atoms with Crippen molar-refractivity contribution >= 4 is 11.7 Å². The Kier molecular flexibility index (Phi) is 7.03. The van der Waals surface area contributed by atoms with Crippen LogP contribution in [0.5, 0.6) is 5.75 Å². The van der Waals surface area contributed by atoms with Crippen molar-refractivity contribution in [3.63, 3.8) is 0 Å². The maximum atomic E-state index is 12.6. The summed E-state index contributed by atoms with van der Waals surface area (Å²) in [7, 11) is 3.57. The smallest absolute Gasteiger partial charge is 0.299 e. The molecule has 0 bridgehead atoms. The number of carbonyl (C=O) groups is 1. The van der Waals surface area contributed by atoms with Crippen LogP contribution in [-0.4, -0.2) is 59.4 Å². The molecule has 0 saturated carbocycles. The van der Waals surface area contributed by atoms with Gasteiger partial charge >= 0.3 is 0 Å². The number of carbonyl (C=O) groups excluding carboxylic acids is 1. The maximum absolute atomic E-state index is 12.6. The standard InChI is InChI=1S/C24H31N5O2/c1-6-8-22(30)29-12-7-9-20(29)24(28-14-13-27(4)23(25)18(28)3)26-16-19-11-10-17(2)21(15-19)31-5/h10-11,13-15,20,23H,3,7,9,12,16,25H2,1-2,4-5H3/b26-24-/t20-,23?/m0/s1. The lowest BCUT2D eigenvalue weighted by atomic mass is 10.1. The number of likely N-dealkylation sites (N-methyl/N-ethyl adjacent to an activating group) is 1. The number of likely N-dealkylation sites (tertiary alicyclic amines) is 1. The zero-order valence-electron chi connectivity index (χ0n) is 18.8. The average molecular weight is 422 g/mol. The van der Waals surface area contributed by atoms with Crippen LogP contribution in [0.2, 0.25) is 0 Å². The predicted molar refractivity (Wildman–Crippen MR) is 123 cm³/mol. The Hall–Kier alpha value is -3.24. The van der Waals surface area contributed by atoms with Crippen molar-refractivity contribution in [1.82, 2.24) is 14.7 Å². The molecule has 1 saturated heterocycles. The zero-order chi connectivity index (χ0) is 22.5. The van der Waals surface area contributed by atoms with Crippen molar-refractivity contribution in [2.75, 3.05) is 20.7 Å². The van der Waals surface area contributed by atoms with Crippen LogP contribution in [-0.2, 0) is 11.3 Å². The van der Waals surface area contributed by atoms with Crippen LogP contribution in [0, 0.1) is 18.8 Å². The summed E-state index contributed by atoms with van der Waals surface area (Å²) in [6.45, 7) is 8.99. The van der Waals surface area contributed by atoms with Gasteiger partial charge in [0.2, 0.25) is 0 Å². The summed E-state index contributed by atoms with van der Waals surface area (Å²) in [4.78, 5) is 23.2. The van der Waals surface area contributed by atoms with Gasteiger partial charge in [-0.2, -0.15) is 0 Å². The lowest BCUT2D eigenvalue weighted by Crippen LogP contribution is -2.52. The third-order valence-electron chi connectivity index (χ3n) is 5.73.